The molecule has 0 radical (unpaired) electrons. The van der Waals surface area contributed by atoms with E-state index in [9.17, 15) is 5.11 Å². The Balaban J connectivity index is 4.35. The summed E-state index contributed by atoms with van der Waals surface area (Å²) in [7, 11) is 1.71. The lowest BCUT2D eigenvalue weighted by Gasteiger charge is -2.36. The average Bonchev–Trinajstić information content (AvgIpc) is 2.18. The van der Waals surface area contributed by atoms with Crippen molar-refractivity contribution in [1.29, 1.82) is 0 Å². The summed E-state index contributed by atoms with van der Waals surface area (Å²) in [5.41, 5.74) is 4.76. The topological polar surface area (TPSA) is 58.7 Å². The van der Waals surface area contributed by atoms with Crippen molar-refractivity contribution in [3.63, 3.8) is 0 Å². The second-order valence-electron chi connectivity index (χ2n) is 4.89. The Morgan fingerprint density at radius 2 is 1.94 bits per heavy atom. The molecule has 0 aromatic heterocycles. The molecule has 0 aliphatic carbocycles. The van der Waals surface area contributed by atoms with Crippen LogP contribution in [0.1, 0.15) is 34.1 Å². The van der Waals surface area contributed by atoms with E-state index in [1.807, 2.05) is 0 Å². The molecule has 0 rings (SSSR count). The van der Waals surface area contributed by atoms with Gasteiger partial charge < -0.3 is 15.6 Å². The fourth-order valence-electron chi connectivity index (χ4n) is 2.23. The Kier molecular flexibility index (Phi) is 7.15. The highest BCUT2D eigenvalue weighted by molar-refractivity contribution is 4.82. The van der Waals surface area contributed by atoms with Crippen LogP contribution in [0.3, 0.4) is 0 Å². The van der Waals surface area contributed by atoms with E-state index >= 15 is 0 Å². The van der Waals surface area contributed by atoms with E-state index in [1.54, 1.807) is 14.0 Å². The van der Waals surface area contributed by atoms with Gasteiger partial charge in [-0.15, -0.1) is 0 Å². The molecule has 0 saturated carbocycles. The zero-order valence-electron chi connectivity index (χ0n) is 11.4. The maximum atomic E-state index is 9.97. The highest BCUT2D eigenvalue weighted by Crippen LogP contribution is 2.17. The van der Waals surface area contributed by atoms with E-state index < -0.39 is 5.60 Å². The van der Waals surface area contributed by atoms with Crippen LogP contribution in [0.15, 0.2) is 0 Å². The van der Waals surface area contributed by atoms with Gasteiger partial charge in [0.25, 0.3) is 0 Å². The largest absolute Gasteiger partial charge is 0.389 e. The Hall–Kier alpha value is -0.160. The molecular formula is C12H28N2O2. The smallest absolute Gasteiger partial charge is 0.0756 e. The summed E-state index contributed by atoms with van der Waals surface area (Å²) in [4.78, 5) is 2.33. The number of nitrogens with two attached hydrogens (primary N) is 1. The summed E-state index contributed by atoms with van der Waals surface area (Å²) in [6.07, 6.45) is 0.686. The summed E-state index contributed by atoms with van der Waals surface area (Å²) in [6, 6.07) is 0.660. The molecule has 0 spiro atoms. The van der Waals surface area contributed by atoms with Crippen molar-refractivity contribution in [2.24, 2.45) is 5.73 Å². The Morgan fingerprint density at radius 1 is 1.38 bits per heavy atom. The molecule has 4 nitrogen and oxygen atoms in total. The summed E-state index contributed by atoms with van der Waals surface area (Å²) in [6.45, 7) is 10.1. The van der Waals surface area contributed by atoms with E-state index in [0.29, 0.717) is 31.7 Å². The Labute approximate surface area is 99.8 Å². The Morgan fingerprint density at radius 3 is 2.31 bits per heavy atom. The predicted molar refractivity (Wildman–Crippen MR) is 67.5 cm³/mol. The lowest BCUT2D eigenvalue weighted by atomic mass is 9.96. The van der Waals surface area contributed by atoms with Crippen molar-refractivity contribution in [2.75, 3.05) is 26.8 Å². The van der Waals surface area contributed by atoms with E-state index in [1.165, 1.54) is 0 Å². The first-order chi connectivity index (χ1) is 7.37. The maximum Gasteiger partial charge on any atom is 0.0756 e. The first-order valence-corrected chi connectivity index (χ1v) is 6.05. The molecule has 0 bridgehead atoms. The molecule has 0 aliphatic rings. The normalized spacial score (nSPS) is 19.5. The van der Waals surface area contributed by atoms with Gasteiger partial charge in [0, 0.05) is 25.7 Å². The van der Waals surface area contributed by atoms with E-state index in [0.717, 1.165) is 6.54 Å². The van der Waals surface area contributed by atoms with Crippen molar-refractivity contribution >= 4 is 0 Å². The lowest BCUT2D eigenvalue weighted by molar-refractivity contribution is 0.00996. The molecule has 3 atom stereocenters. The molecule has 0 aliphatic heterocycles. The third kappa shape index (κ3) is 5.25. The standard InChI is InChI=1S/C12H28N2O2/c1-6-14(11(3)8-16-5)10(2)7-12(4,15)9-13/h10-11,15H,6-9,13H2,1-5H3. The fourth-order valence-corrected chi connectivity index (χ4v) is 2.23. The van der Waals surface area contributed by atoms with Gasteiger partial charge in [0.05, 0.1) is 12.2 Å². The minimum atomic E-state index is -0.778. The van der Waals surface area contributed by atoms with Crippen molar-refractivity contribution < 1.29 is 9.84 Å². The van der Waals surface area contributed by atoms with Crippen LogP contribution in [-0.4, -0.2) is 54.5 Å². The van der Waals surface area contributed by atoms with Crippen molar-refractivity contribution in [1.82, 2.24) is 4.90 Å². The zero-order chi connectivity index (χ0) is 12.8. The number of rotatable bonds is 8. The van der Waals surface area contributed by atoms with Crippen LogP contribution in [0.5, 0.6) is 0 Å². The van der Waals surface area contributed by atoms with Gasteiger partial charge in [-0.1, -0.05) is 6.92 Å². The van der Waals surface area contributed by atoms with Crippen LogP contribution < -0.4 is 5.73 Å². The van der Waals surface area contributed by atoms with Crippen LogP contribution in [0.2, 0.25) is 0 Å². The lowest BCUT2D eigenvalue weighted by Crippen LogP contribution is -2.47. The summed E-state index contributed by atoms with van der Waals surface area (Å²) in [5.74, 6) is 0. The second kappa shape index (κ2) is 7.22. The number of hydrogen-bond acceptors (Lipinski definition) is 4. The molecule has 0 amide bonds. The number of methoxy groups -OCH3 is 1. The monoisotopic (exact) mass is 232 g/mol. The highest BCUT2D eigenvalue weighted by Gasteiger charge is 2.26. The van der Waals surface area contributed by atoms with E-state index in [-0.39, 0.29) is 0 Å². The van der Waals surface area contributed by atoms with E-state index in [2.05, 4.69) is 25.7 Å². The average molecular weight is 232 g/mol. The van der Waals surface area contributed by atoms with Gasteiger partial charge >= 0.3 is 0 Å². The van der Waals surface area contributed by atoms with Crippen molar-refractivity contribution in [3.8, 4) is 0 Å². The van der Waals surface area contributed by atoms with Crippen LogP contribution in [0.25, 0.3) is 0 Å². The molecule has 3 unspecified atom stereocenters. The summed E-state index contributed by atoms with van der Waals surface area (Å²) in [5, 5.41) is 9.97. The third-order valence-electron chi connectivity index (χ3n) is 3.08. The summed E-state index contributed by atoms with van der Waals surface area (Å²) >= 11 is 0. The van der Waals surface area contributed by atoms with Gasteiger partial charge in [-0.2, -0.15) is 0 Å². The predicted octanol–water partition coefficient (Wildman–Crippen LogP) is 0.832. The van der Waals surface area contributed by atoms with Gasteiger partial charge in [-0.25, -0.2) is 0 Å². The zero-order valence-corrected chi connectivity index (χ0v) is 11.4. The molecule has 16 heavy (non-hydrogen) atoms. The first kappa shape index (κ1) is 15.8. The number of nitrogens with zero attached hydrogens (tertiary/aromatic N) is 1. The van der Waals surface area contributed by atoms with Crippen LogP contribution in [0.4, 0.5) is 0 Å². The maximum absolute atomic E-state index is 9.97. The van der Waals surface area contributed by atoms with Crippen molar-refractivity contribution in [2.45, 2.75) is 51.8 Å². The molecule has 0 aromatic carbocycles. The summed E-state index contributed by atoms with van der Waals surface area (Å²) < 4.78 is 5.16. The number of hydrogen-bond donors (Lipinski definition) is 2. The molecule has 0 aromatic rings. The van der Waals surface area contributed by atoms with Gasteiger partial charge in [0.1, 0.15) is 0 Å². The minimum absolute atomic E-state index is 0.299. The quantitative estimate of drug-likeness (QED) is 0.651. The SMILES string of the molecule is CCN(C(C)COC)C(C)CC(C)(O)CN. The van der Waals surface area contributed by atoms with Crippen molar-refractivity contribution in [3.05, 3.63) is 0 Å². The molecule has 0 fully saturated rings. The van der Waals surface area contributed by atoms with Crippen LogP contribution in [-0.2, 0) is 4.74 Å². The number of likely N-dealkylation sites (N-methyl/N-ethyl adjacent to an activating group) is 1. The van der Waals surface area contributed by atoms with Crippen LogP contribution in [0, 0.1) is 0 Å². The first-order valence-electron chi connectivity index (χ1n) is 6.05. The van der Waals surface area contributed by atoms with Gasteiger partial charge in [0.15, 0.2) is 0 Å². The second-order valence-corrected chi connectivity index (χ2v) is 4.89. The molecule has 0 saturated heterocycles. The molecule has 3 N–H and O–H groups in total. The Bertz CT molecular complexity index is 186. The molecular weight excluding hydrogens is 204 g/mol. The molecule has 0 heterocycles. The highest BCUT2D eigenvalue weighted by atomic mass is 16.5. The minimum Gasteiger partial charge on any atom is -0.389 e. The third-order valence-corrected chi connectivity index (χ3v) is 3.08. The van der Waals surface area contributed by atoms with E-state index in [4.69, 9.17) is 10.5 Å². The van der Waals surface area contributed by atoms with Gasteiger partial charge in [-0.05, 0) is 33.7 Å². The van der Waals surface area contributed by atoms with Gasteiger partial charge in [-0.3, -0.25) is 4.90 Å². The number of aliphatic hydroxyl groups is 1. The van der Waals surface area contributed by atoms with Crippen LogP contribution >= 0.6 is 0 Å². The fraction of sp³-hybridized carbons (Fsp3) is 1.00. The molecule has 98 valence electrons. The van der Waals surface area contributed by atoms with Gasteiger partial charge in [0.2, 0.25) is 0 Å². The number of ether oxygens (including phenoxy) is 1. The molecule has 4 heteroatoms.